The molecule has 9 heteroatoms. The van der Waals surface area contributed by atoms with Crippen molar-refractivity contribution in [2.24, 2.45) is 5.10 Å². The smallest absolute Gasteiger partial charge is 0.387 e. The van der Waals surface area contributed by atoms with Gasteiger partial charge in [0.25, 0.3) is 5.91 Å². The minimum Gasteiger partial charge on any atom is -0.493 e. The first kappa shape index (κ1) is 20.2. The molecule has 29 heavy (non-hydrogen) atoms. The summed E-state index contributed by atoms with van der Waals surface area (Å²) in [6.45, 7) is -1.60. The Labute approximate surface area is 165 Å². The van der Waals surface area contributed by atoms with Crippen LogP contribution in [-0.4, -0.2) is 37.2 Å². The van der Waals surface area contributed by atoms with E-state index in [0.717, 1.165) is 0 Å². The summed E-state index contributed by atoms with van der Waals surface area (Å²) in [5.41, 5.74) is 1.07. The summed E-state index contributed by atoms with van der Waals surface area (Å²) in [5.74, 6) is -0.769. The first-order valence-electron chi connectivity index (χ1n) is 8.75. The zero-order chi connectivity index (χ0) is 21.0. The maximum absolute atomic E-state index is 12.6. The number of nitrogens with one attached hydrogen (secondary N) is 1. The number of hydrogen-bond donors (Lipinski definition) is 1. The van der Waals surface area contributed by atoms with E-state index in [0.29, 0.717) is 5.69 Å². The van der Waals surface area contributed by atoms with E-state index in [4.69, 9.17) is 4.74 Å². The van der Waals surface area contributed by atoms with Gasteiger partial charge < -0.3 is 14.8 Å². The van der Waals surface area contributed by atoms with Crippen molar-refractivity contribution < 1.29 is 27.8 Å². The zero-order valence-electron chi connectivity index (χ0n) is 15.8. The van der Waals surface area contributed by atoms with E-state index in [2.05, 4.69) is 15.2 Å². The van der Waals surface area contributed by atoms with Gasteiger partial charge in [-0.15, -0.1) is 0 Å². The number of benzene rings is 2. The van der Waals surface area contributed by atoms with E-state index < -0.39 is 18.6 Å². The quantitative estimate of drug-likeness (QED) is 0.766. The Kier molecular flexibility index (Phi) is 6.06. The lowest BCUT2D eigenvalue weighted by molar-refractivity contribution is -0.118. The minimum absolute atomic E-state index is 0.105. The predicted molar refractivity (Wildman–Crippen MR) is 104 cm³/mol. The molecule has 1 N–H and O–H groups in total. The number of rotatable bonds is 7. The molecule has 0 saturated heterocycles. The van der Waals surface area contributed by atoms with Crippen LogP contribution in [0.1, 0.15) is 13.3 Å². The maximum Gasteiger partial charge on any atom is 0.387 e. The Morgan fingerprint density at radius 2 is 1.90 bits per heavy atom. The summed E-state index contributed by atoms with van der Waals surface area (Å²) in [5, 5.41) is 8.41. The van der Waals surface area contributed by atoms with Crippen molar-refractivity contribution >= 4 is 28.8 Å². The van der Waals surface area contributed by atoms with Crippen molar-refractivity contribution in [2.75, 3.05) is 17.4 Å². The summed E-state index contributed by atoms with van der Waals surface area (Å²) >= 11 is 0. The lowest BCUT2D eigenvalue weighted by atomic mass is 10.1. The number of nitrogens with zero attached hydrogens (tertiary/aromatic N) is 2. The van der Waals surface area contributed by atoms with Gasteiger partial charge in [-0.3, -0.25) is 14.6 Å². The number of ketones is 1. The highest BCUT2D eigenvalue weighted by Gasteiger charge is 2.34. The van der Waals surface area contributed by atoms with Crippen LogP contribution in [0.4, 0.5) is 20.2 Å². The van der Waals surface area contributed by atoms with E-state index in [-0.39, 0.29) is 35.1 Å². The molecule has 0 aromatic heterocycles. The van der Waals surface area contributed by atoms with Gasteiger partial charge in [0.05, 0.1) is 12.8 Å². The molecule has 1 heterocycles. The molecule has 7 nitrogen and oxygen atoms in total. The minimum atomic E-state index is -3.04. The van der Waals surface area contributed by atoms with Gasteiger partial charge in [0, 0.05) is 18.2 Å². The van der Waals surface area contributed by atoms with E-state index in [1.807, 2.05) is 18.2 Å². The predicted octanol–water partition coefficient (Wildman–Crippen LogP) is 3.46. The number of ether oxygens (including phenoxy) is 2. The molecule has 0 radical (unpaired) electrons. The summed E-state index contributed by atoms with van der Waals surface area (Å²) in [6.07, 6.45) is 0.132. The maximum atomic E-state index is 12.6. The van der Waals surface area contributed by atoms with Crippen molar-refractivity contribution in [1.29, 1.82) is 0 Å². The molecule has 0 saturated carbocycles. The molecule has 0 fully saturated rings. The zero-order valence-corrected chi connectivity index (χ0v) is 15.8. The third-order valence-electron chi connectivity index (χ3n) is 4.30. The van der Waals surface area contributed by atoms with Crippen molar-refractivity contribution in [1.82, 2.24) is 0 Å². The van der Waals surface area contributed by atoms with Gasteiger partial charge in [-0.2, -0.15) is 13.9 Å². The third kappa shape index (κ3) is 4.68. The van der Waals surface area contributed by atoms with Crippen LogP contribution in [0.25, 0.3) is 0 Å². The van der Waals surface area contributed by atoms with Crippen LogP contribution in [0.15, 0.2) is 53.6 Å². The third-order valence-corrected chi connectivity index (χ3v) is 4.30. The number of carbonyl (C=O) groups is 2. The number of amides is 1. The van der Waals surface area contributed by atoms with Crippen molar-refractivity contribution in [2.45, 2.75) is 26.0 Å². The normalized spacial score (nSPS) is 15.8. The molecular formula is C20H19F2N3O4. The molecule has 2 aromatic carbocycles. The van der Waals surface area contributed by atoms with Gasteiger partial charge in [0.2, 0.25) is 0 Å². The molecule has 0 aliphatic carbocycles. The molecule has 0 spiro atoms. The fourth-order valence-corrected chi connectivity index (χ4v) is 2.93. The summed E-state index contributed by atoms with van der Waals surface area (Å²) in [4.78, 5) is 24.7. The first-order chi connectivity index (χ1) is 13.9. The van der Waals surface area contributed by atoms with Crippen LogP contribution < -0.4 is 19.8 Å². The number of hydrazone groups is 1. The van der Waals surface area contributed by atoms with E-state index in [1.54, 1.807) is 12.1 Å². The number of alkyl halides is 2. The van der Waals surface area contributed by atoms with Gasteiger partial charge in [-0.25, -0.2) is 0 Å². The summed E-state index contributed by atoms with van der Waals surface area (Å²) in [7, 11) is 1.32. The number of halogens is 2. The number of anilines is 2. The highest BCUT2D eigenvalue weighted by Crippen LogP contribution is 2.32. The molecule has 2 aromatic rings. The number of Topliss-reactive ketones (excluding diaryl/α,β-unsaturated/α-hetero) is 1. The molecule has 1 amide bonds. The molecular weight excluding hydrogens is 384 g/mol. The van der Waals surface area contributed by atoms with Crippen molar-refractivity contribution in [3.8, 4) is 11.5 Å². The monoisotopic (exact) mass is 403 g/mol. The molecule has 1 aliphatic rings. The fourth-order valence-electron chi connectivity index (χ4n) is 2.93. The number of methoxy groups -OCH3 is 1. The Morgan fingerprint density at radius 3 is 2.52 bits per heavy atom. The van der Waals surface area contributed by atoms with Crippen molar-refractivity contribution in [3.63, 3.8) is 0 Å². The SMILES string of the molecule is COc1ccc(NC(=O)C2=NN(c3ccccc3)C(C(C)=O)C2)cc1OC(F)F. The number of carbonyl (C=O) groups excluding carboxylic acids is 2. The molecule has 1 aliphatic heterocycles. The molecule has 152 valence electrons. The Morgan fingerprint density at radius 1 is 1.17 bits per heavy atom. The largest absolute Gasteiger partial charge is 0.493 e. The molecule has 1 atom stereocenters. The van der Waals surface area contributed by atoms with Crippen LogP contribution in [-0.2, 0) is 9.59 Å². The van der Waals surface area contributed by atoms with Crippen LogP contribution in [0.2, 0.25) is 0 Å². The second-order valence-electron chi connectivity index (χ2n) is 6.26. The van der Waals surface area contributed by atoms with Gasteiger partial charge in [0.15, 0.2) is 17.3 Å². The number of hydrogen-bond acceptors (Lipinski definition) is 6. The van der Waals surface area contributed by atoms with E-state index in [9.17, 15) is 18.4 Å². The van der Waals surface area contributed by atoms with Gasteiger partial charge >= 0.3 is 6.61 Å². The van der Waals surface area contributed by atoms with Gasteiger partial charge in [0.1, 0.15) is 11.8 Å². The number of para-hydroxylation sites is 1. The van der Waals surface area contributed by atoms with Crippen LogP contribution in [0, 0.1) is 0 Å². The average Bonchev–Trinajstić information content (AvgIpc) is 3.14. The Bertz CT molecular complexity index is 935. The highest BCUT2D eigenvalue weighted by molar-refractivity contribution is 6.44. The van der Waals surface area contributed by atoms with E-state index >= 15 is 0 Å². The second kappa shape index (κ2) is 8.68. The Balaban J connectivity index is 1.81. The highest BCUT2D eigenvalue weighted by atomic mass is 19.3. The molecule has 1 unspecified atom stereocenters. The van der Waals surface area contributed by atoms with Crippen LogP contribution in [0.3, 0.4) is 0 Å². The van der Waals surface area contributed by atoms with Crippen LogP contribution >= 0.6 is 0 Å². The average molecular weight is 403 g/mol. The van der Waals surface area contributed by atoms with E-state index in [1.165, 1.54) is 37.2 Å². The second-order valence-corrected chi connectivity index (χ2v) is 6.26. The molecule has 3 rings (SSSR count). The first-order valence-corrected chi connectivity index (χ1v) is 8.75. The standard InChI is InChI=1S/C20H19F2N3O4/c1-12(26)16-11-15(24-25(16)14-6-4-3-5-7-14)19(27)23-13-8-9-17(28-2)18(10-13)29-20(21)22/h3-10,16,20H,11H2,1-2H3,(H,23,27). The summed E-state index contributed by atoms with van der Waals surface area (Å²) < 4.78 is 34.5. The lowest BCUT2D eigenvalue weighted by Gasteiger charge is -2.20. The lowest BCUT2D eigenvalue weighted by Crippen LogP contribution is -2.33. The summed E-state index contributed by atoms with van der Waals surface area (Å²) in [6, 6.07) is 12.6. The topological polar surface area (TPSA) is 80.2 Å². The van der Waals surface area contributed by atoms with Gasteiger partial charge in [-0.05, 0) is 31.2 Å². The molecule has 0 bridgehead atoms. The Hall–Kier alpha value is -3.49. The van der Waals surface area contributed by atoms with Crippen LogP contribution in [0.5, 0.6) is 11.5 Å². The van der Waals surface area contributed by atoms with Crippen molar-refractivity contribution in [3.05, 3.63) is 48.5 Å². The fraction of sp³-hybridized carbons (Fsp3) is 0.250. The van der Waals surface area contributed by atoms with Gasteiger partial charge in [-0.1, -0.05) is 18.2 Å².